The zero-order valence-electron chi connectivity index (χ0n) is 17.8. The van der Waals surface area contributed by atoms with E-state index in [1.807, 2.05) is 42.2 Å². The zero-order valence-corrected chi connectivity index (χ0v) is 18.6. The number of carbonyl (C=O) groups is 1. The largest absolute Gasteiger partial charge is 0.479 e. The number of aliphatic carboxylic acids is 1. The predicted octanol–water partition coefficient (Wildman–Crippen LogP) is 4.80. The van der Waals surface area contributed by atoms with Crippen LogP contribution in [0.3, 0.4) is 0 Å². The summed E-state index contributed by atoms with van der Waals surface area (Å²) in [5.41, 5.74) is 0.523. The van der Waals surface area contributed by atoms with Gasteiger partial charge in [-0.1, -0.05) is 44.9 Å². The molecule has 0 aliphatic carbocycles. The van der Waals surface area contributed by atoms with Crippen LogP contribution in [0.25, 0.3) is 0 Å². The van der Waals surface area contributed by atoms with E-state index in [2.05, 4.69) is 6.92 Å². The van der Waals surface area contributed by atoms with E-state index in [9.17, 15) is 17.6 Å². The predicted molar refractivity (Wildman–Crippen MR) is 117 cm³/mol. The van der Waals surface area contributed by atoms with Crippen LogP contribution in [-0.2, 0) is 14.6 Å². The lowest BCUT2D eigenvalue weighted by atomic mass is 9.81. The van der Waals surface area contributed by atoms with E-state index in [0.29, 0.717) is 13.0 Å². The molecule has 1 heterocycles. The Hall–Kier alpha value is -2.61. The van der Waals surface area contributed by atoms with E-state index in [1.54, 1.807) is 0 Å². The van der Waals surface area contributed by atoms with Crippen molar-refractivity contribution in [3.8, 4) is 5.75 Å². The second kappa shape index (κ2) is 9.26. The summed E-state index contributed by atoms with van der Waals surface area (Å²) >= 11 is 0. The van der Waals surface area contributed by atoms with Gasteiger partial charge in [-0.2, -0.15) is 0 Å². The number of para-hydroxylation sites is 1. The minimum absolute atomic E-state index is 0.0371. The highest BCUT2D eigenvalue weighted by atomic mass is 32.2. The molecule has 1 unspecified atom stereocenters. The zero-order chi connectivity index (χ0) is 22.6. The first-order chi connectivity index (χ1) is 14.7. The van der Waals surface area contributed by atoms with Crippen molar-refractivity contribution < 1.29 is 27.4 Å². The van der Waals surface area contributed by atoms with Gasteiger partial charge in [0.05, 0.1) is 16.3 Å². The summed E-state index contributed by atoms with van der Waals surface area (Å²) in [5.74, 6) is -2.51. The third-order valence-corrected chi connectivity index (χ3v) is 7.85. The molecule has 2 aromatic carbocycles. The number of benzene rings is 2. The molecule has 0 bridgehead atoms. The number of fused-ring (bicyclic) bond motifs is 1. The Labute approximate surface area is 182 Å². The molecular formula is C23H28FNO5S. The van der Waals surface area contributed by atoms with Crippen LogP contribution < -0.4 is 9.64 Å². The van der Waals surface area contributed by atoms with Gasteiger partial charge in [-0.3, -0.25) is 0 Å². The molecule has 0 radical (unpaired) electrons. The molecular weight excluding hydrogens is 421 g/mol. The lowest BCUT2D eigenvalue weighted by molar-refractivity contribution is -0.139. The number of anilines is 2. The van der Waals surface area contributed by atoms with Crippen LogP contribution in [0.5, 0.6) is 5.75 Å². The smallest absolute Gasteiger partial charge is 0.341 e. The highest BCUT2D eigenvalue weighted by molar-refractivity contribution is 7.91. The number of halogens is 1. The van der Waals surface area contributed by atoms with Crippen molar-refractivity contribution in [3.05, 3.63) is 48.3 Å². The Kier molecular flexibility index (Phi) is 6.89. The van der Waals surface area contributed by atoms with Gasteiger partial charge in [-0.25, -0.2) is 17.6 Å². The van der Waals surface area contributed by atoms with Gasteiger partial charge in [0.1, 0.15) is 0 Å². The maximum atomic E-state index is 14.8. The molecule has 1 aliphatic rings. The first-order valence-corrected chi connectivity index (χ1v) is 12.1. The Morgan fingerprint density at radius 2 is 1.94 bits per heavy atom. The van der Waals surface area contributed by atoms with Gasteiger partial charge in [-0.05, 0) is 25.0 Å². The normalized spacial score (nSPS) is 20.0. The summed E-state index contributed by atoms with van der Waals surface area (Å²) in [5, 5.41) is 8.85. The third-order valence-electron chi connectivity index (χ3n) is 5.86. The van der Waals surface area contributed by atoms with Crippen molar-refractivity contribution in [1.82, 2.24) is 0 Å². The van der Waals surface area contributed by atoms with Crippen LogP contribution in [0.4, 0.5) is 15.8 Å². The van der Waals surface area contributed by atoms with Crippen molar-refractivity contribution in [2.45, 2.75) is 44.4 Å². The number of carboxylic acid groups (broad SMARTS) is 1. The van der Waals surface area contributed by atoms with Crippen LogP contribution in [0, 0.1) is 11.2 Å². The molecule has 6 nitrogen and oxygen atoms in total. The van der Waals surface area contributed by atoms with E-state index in [1.165, 1.54) is 0 Å². The fourth-order valence-electron chi connectivity index (χ4n) is 4.11. The van der Waals surface area contributed by atoms with Gasteiger partial charge in [0.2, 0.25) is 0 Å². The molecule has 2 aromatic rings. The monoisotopic (exact) mass is 449 g/mol. The number of ether oxygens (including phenoxy) is 1. The van der Waals surface area contributed by atoms with Gasteiger partial charge >= 0.3 is 5.97 Å². The van der Waals surface area contributed by atoms with E-state index in [-0.39, 0.29) is 22.1 Å². The quantitative estimate of drug-likeness (QED) is 0.583. The fraction of sp³-hybridized carbons (Fsp3) is 0.435. The van der Waals surface area contributed by atoms with E-state index in [0.717, 1.165) is 37.1 Å². The summed E-state index contributed by atoms with van der Waals surface area (Å²) in [6, 6.07) is 11.6. The molecule has 8 heteroatoms. The van der Waals surface area contributed by atoms with Crippen molar-refractivity contribution >= 4 is 27.2 Å². The van der Waals surface area contributed by atoms with Gasteiger partial charge in [0, 0.05) is 29.8 Å². The summed E-state index contributed by atoms with van der Waals surface area (Å²) in [6.07, 6.45) is 3.24. The van der Waals surface area contributed by atoms with E-state index >= 15 is 0 Å². The summed E-state index contributed by atoms with van der Waals surface area (Å²) in [6.45, 7) is 3.74. The van der Waals surface area contributed by atoms with Crippen LogP contribution in [-0.4, -0.2) is 38.4 Å². The van der Waals surface area contributed by atoms with Crippen LogP contribution in [0.1, 0.15) is 39.5 Å². The number of nitrogens with zero attached hydrogens (tertiary/aromatic N) is 1. The minimum Gasteiger partial charge on any atom is -0.479 e. The van der Waals surface area contributed by atoms with Gasteiger partial charge in [-0.15, -0.1) is 0 Å². The highest BCUT2D eigenvalue weighted by Gasteiger charge is 2.42. The van der Waals surface area contributed by atoms with Gasteiger partial charge in [0.25, 0.3) is 0 Å². The molecule has 0 amide bonds. The first-order valence-electron chi connectivity index (χ1n) is 10.4. The lowest BCUT2D eigenvalue weighted by Crippen LogP contribution is -2.37. The number of hydrogen-bond acceptors (Lipinski definition) is 5. The highest BCUT2D eigenvalue weighted by Crippen LogP contribution is 2.45. The summed E-state index contributed by atoms with van der Waals surface area (Å²) in [4.78, 5) is 12.7. The number of unbranched alkanes of at least 4 members (excludes halogenated alkanes) is 1. The SMILES string of the molecule is CCCCC1(CC)CN(c2ccccc2)c2cc(F)c(OCC(=O)O)cc2S(=O)(=O)C1. The van der Waals surface area contributed by atoms with Crippen molar-refractivity contribution in [2.75, 3.05) is 23.8 Å². The van der Waals surface area contributed by atoms with Crippen LogP contribution in [0.15, 0.2) is 47.4 Å². The van der Waals surface area contributed by atoms with Crippen molar-refractivity contribution in [3.63, 3.8) is 0 Å². The topological polar surface area (TPSA) is 83.9 Å². The van der Waals surface area contributed by atoms with Crippen molar-refractivity contribution in [1.29, 1.82) is 0 Å². The van der Waals surface area contributed by atoms with E-state index in [4.69, 9.17) is 9.84 Å². The molecule has 0 spiro atoms. The second-order valence-corrected chi connectivity index (χ2v) is 10.0. The molecule has 3 rings (SSSR count). The van der Waals surface area contributed by atoms with Crippen LogP contribution >= 0.6 is 0 Å². The maximum Gasteiger partial charge on any atom is 0.341 e. The molecule has 0 saturated heterocycles. The van der Waals surface area contributed by atoms with Gasteiger partial charge in [0.15, 0.2) is 28.0 Å². The average molecular weight is 450 g/mol. The average Bonchev–Trinajstić information content (AvgIpc) is 2.83. The minimum atomic E-state index is -3.78. The molecule has 0 saturated carbocycles. The number of carboxylic acids is 1. The molecule has 1 atom stereocenters. The van der Waals surface area contributed by atoms with Crippen molar-refractivity contribution in [2.24, 2.45) is 5.41 Å². The Morgan fingerprint density at radius 1 is 1.23 bits per heavy atom. The lowest BCUT2D eigenvalue weighted by Gasteiger charge is -2.36. The number of sulfone groups is 1. The number of hydrogen-bond donors (Lipinski definition) is 1. The third kappa shape index (κ3) is 5.01. The molecule has 31 heavy (non-hydrogen) atoms. The molecule has 168 valence electrons. The fourth-order valence-corrected chi connectivity index (χ4v) is 6.29. The van der Waals surface area contributed by atoms with E-state index < -0.39 is 33.6 Å². The molecule has 0 aromatic heterocycles. The standard InChI is InChI=1S/C23H28FNO5S/c1-3-5-11-23(4-2)15-25(17-9-7-6-8-10-17)19-12-18(24)20(30-14-22(26)27)13-21(19)31(28,29)16-23/h6-10,12-13H,3-5,11,14-16H2,1-2H3,(H,26,27). The van der Waals surface area contributed by atoms with Crippen LogP contribution in [0.2, 0.25) is 0 Å². The molecule has 0 fully saturated rings. The Balaban J connectivity index is 2.20. The Bertz CT molecular complexity index is 1040. The van der Waals surface area contributed by atoms with Gasteiger partial charge < -0.3 is 14.7 Å². The maximum absolute atomic E-state index is 14.8. The first kappa shape index (κ1) is 23.1. The second-order valence-electron chi connectivity index (χ2n) is 8.07. The number of rotatable bonds is 8. The molecule has 1 aliphatic heterocycles. The summed E-state index contributed by atoms with van der Waals surface area (Å²) in [7, 11) is -3.78. The Morgan fingerprint density at radius 3 is 2.55 bits per heavy atom. The summed E-state index contributed by atoms with van der Waals surface area (Å²) < 4.78 is 46.8. The molecule has 1 N–H and O–H groups in total.